The fourth-order valence-corrected chi connectivity index (χ4v) is 2.83. The molecule has 0 aromatic heterocycles. The van der Waals surface area contributed by atoms with Crippen LogP contribution in [0.25, 0.3) is 0 Å². The van der Waals surface area contributed by atoms with Crippen molar-refractivity contribution >= 4 is 11.8 Å². The highest BCUT2D eigenvalue weighted by molar-refractivity contribution is 5.97. The van der Waals surface area contributed by atoms with Gasteiger partial charge in [-0.1, -0.05) is 38.0 Å². The summed E-state index contributed by atoms with van der Waals surface area (Å²) < 4.78 is 0. The van der Waals surface area contributed by atoms with Crippen LogP contribution >= 0.6 is 0 Å². The Kier molecular flexibility index (Phi) is 5.37. The van der Waals surface area contributed by atoms with Crippen LogP contribution in [0.15, 0.2) is 30.3 Å². The van der Waals surface area contributed by atoms with Gasteiger partial charge in [0.15, 0.2) is 0 Å². The topological polar surface area (TPSA) is 58.2 Å². The van der Waals surface area contributed by atoms with E-state index in [1.165, 1.54) is 6.42 Å². The number of nitrogens with one attached hydrogen (secondary N) is 2. The Bertz CT molecular complexity index is 487. The molecule has 4 heteroatoms. The summed E-state index contributed by atoms with van der Waals surface area (Å²) in [4.78, 5) is 24.2. The monoisotopic (exact) mass is 288 g/mol. The summed E-state index contributed by atoms with van der Waals surface area (Å²) in [6, 6.07) is 8.68. The Balaban J connectivity index is 1.83. The highest BCUT2D eigenvalue weighted by Gasteiger charge is 2.23. The molecule has 3 atom stereocenters. The minimum absolute atomic E-state index is 0.0987. The minimum atomic E-state index is -0.519. The van der Waals surface area contributed by atoms with Gasteiger partial charge in [-0.25, -0.2) is 0 Å². The summed E-state index contributed by atoms with van der Waals surface area (Å²) in [5.41, 5.74) is 0.573. The summed E-state index contributed by atoms with van der Waals surface area (Å²) in [6.45, 7) is 3.95. The normalized spacial score (nSPS) is 23.1. The molecular formula is C17H24N2O2. The quantitative estimate of drug-likeness (QED) is 0.894. The smallest absolute Gasteiger partial charge is 0.251 e. The van der Waals surface area contributed by atoms with Gasteiger partial charge in [0.25, 0.3) is 5.91 Å². The molecule has 1 aromatic carbocycles. The van der Waals surface area contributed by atoms with Gasteiger partial charge in [-0.05, 0) is 37.8 Å². The van der Waals surface area contributed by atoms with Crippen LogP contribution in [0.4, 0.5) is 0 Å². The van der Waals surface area contributed by atoms with E-state index in [9.17, 15) is 9.59 Å². The SMILES string of the molecule is CC1CCCC(NC(=O)C(C)NC(=O)c2ccccc2)C1. The van der Waals surface area contributed by atoms with Crippen LogP contribution in [-0.4, -0.2) is 23.9 Å². The molecule has 0 saturated heterocycles. The third-order valence-corrected chi connectivity index (χ3v) is 4.06. The van der Waals surface area contributed by atoms with Gasteiger partial charge in [0.05, 0.1) is 0 Å². The van der Waals surface area contributed by atoms with Crippen LogP contribution < -0.4 is 10.6 Å². The van der Waals surface area contributed by atoms with Crippen LogP contribution in [0.3, 0.4) is 0 Å². The molecule has 1 saturated carbocycles. The number of rotatable bonds is 4. The van der Waals surface area contributed by atoms with Crippen LogP contribution in [0.5, 0.6) is 0 Å². The molecule has 2 rings (SSSR count). The molecule has 0 aliphatic heterocycles. The fourth-order valence-electron chi connectivity index (χ4n) is 2.83. The molecule has 1 aliphatic carbocycles. The third kappa shape index (κ3) is 4.59. The lowest BCUT2D eigenvalue weighted by Crippen LogP contribution is -2.49. The van der Waals surface area contributed by atoms with E-state index < -0.39 is 6.04 Å². The molecule has 0 bridgehead atoms. The minimum Gasteiger partial charge on any atom is -0.352 e. The summed E-state index contributed by atoms with van der Waals surface area (Å²) in [6.07, 6.45) is 4.48. The first-order chi connectivity index (χ1) is 10.1. The van der Waals surface area contributed by atoms with E-state index in [4.69, 9.17) is 0 Å². The molecule has 1 aliphatic rings. The maximum absolute atomic E-state index is 12.2. The average molecular weight is 288 g/mol. The average Bonchev–Trinajstić information content (AvgIpc) is 2.48. The number of carbonyl (C=O) groups excluding carboxylic acids is 2. The zero-order valence-electron chi connectivity index (χ0n) is 12.8. The van der Waals surface area contributed by atoms with Crippen molar-refractivity contribution in [1.82, 2.24) is 10.6 Å². The maximum Gasteiger partial charge on any atom is 0.251 e. The molecule has 114 valence electrons. The molecule has 0 spiro atoms. The second kappa shape index (κ2) is 7.25. The molecule has 0 heterocycles. The van der Waals surface area contributed by atoms with Crippen molar-refractivity contribution < 1.29 is 9.59 Å². The molecule has 1 fully saturated rings. The second-order valence-corrected chi connectivity index (χ2v) is 6.04. The van der Waals surface area contributed by atoms with Gasteiger partial charge in [-0.15, -0.1) is 0 Å². The van der Waals surface area contributed by atoms with E-state index in [1.54, 1.807) is 19.1 Å². The number of hydrogen-bond donors (Lipinski definition) is 2. The van der Waals surface area contributed by atoms with E-state index in [0.717, 1.165) is 19.3 Å². The Morgan fingerprint density at radius 3 is 2.57 bits per heavy atom. The Morgan fingerprint density at radius 2 is 1.90 bits per heavy atom. The van der Waals surface area contributed by atoms with Crippen LogP contribution in [-0.2, 0) is 4.79 Å². The molecule has 1 aromatic rings. The van der Waals surface area contributed by atoms with E-state index in [1.807, 2.05) is 18.2 Å². The van der Waals surface area contributed by atoms with Gasteiger partial charge >= 0.3 is 0 Å². The van der Waals surface area contributed by atoms with E-state index in [2.05, 4.69) is 17.6 Å². The van der Waals surface area contributed by atoms with Crippen molar-refractivity contribution in [3.05, 3.63) is 35.9 Å². The maximum atomic E-state index is 12.2. The summed E-state index contributed by atoms with van der Waals surface area (Å²) in [5.74, 6) is 0.354. The van der Waals surface area contributed by atoms with Crippen LogP contribution in [0.1, 0.15) is 49.9 Å². The van der Waals surface area contributed by atoms with Crippen molar-refractivity contribution in [3.63, 3.8) is 0 Å². The molecule has 0 radical (unpaired) electrons. The molecule has 2 N–H and O–H groups in total. The molecule has 4 nitrogen and oxygen atoms in total. The van der Waals surface area contributed by atoms with Crippen molar-refractivity contribution in [2.75, 3.05) is 0 Å². The fraction of sp³-hybridized carbons (Fsp3) is 0.529. The predicted molar refractivity (Wildman–Crippen MR) is 82.9 cm³/mol. The van der Waals surface area contributed by atoms with E-state index in [-0.39, 0.29) is 17.9 Å². The molecular weight excluding hydrogens is 264 g/mol. The summed E-state index contributed by atoms with van der Waals surface area (Å²) in [7, 11) is 0. The first-order valence-electron chi connectivity index (χ1n) is 7.72. The number of carbonyl (C=O) groups is 2. The van der Waals surface area contributed by atoms with Crippen LogP contribution in [0.2, 0.25) is 0 Å². The highest BCUT2D eigenvalue weighted by Crippen LogP contribution is 2.23. The zero-order chi connectivity index (χ0) is 15.2. The van der Waals surface area contributed by atoms with Crippen LogP contribution in [0, 0.1) is 5.92 Å². The lowest BCUT2D eigenvalue weighted by Gasteiger charge is -2.28. The standard InChI is InChI=1S/C17H24N2O2/c1-12-7-6-10-15(11-12)19-16(20)13(2)18-17(21)14-8-4-3-5-9-14/h3-5,8-9,12-13,15H,6-7,10-11H2,1-2H3,(H,18,21)(H,19,20). The molecule has 21 heavy (non-hydrogen) atoms. The Hall–Kier alpha value is -1.84. The van der Waals surface area contributed by atoms with Gasteiger partial charge in [0.2, 0.25) is 5.91 Å². The second-order valence-electron chi connectivity index (χ2n) is 6.04. The lowest BCUT2D eigenvalue weighted by molar-refractivity contribution is -0.123. The van der Waals surface area contributed by atoms with Gasteiger partial charge in [0, 0.05) is 11.6 Å². The van der Waals surface area contributed by atoms with Crippen molar-refractivity contribution in [1.29, 1.82) is 0 Å². The van der Waals surface area contributed by atoms with Gasteiger partial charge in [-0.2, -0.15) is 0 Å². The Morgan fingerprint density at radius 1 is 1.19 bits per heavy atom. The number of amides is 2. The molecule has 3 unspecified atom stereocenters. The Labute approximate surface area is 126 Å². The lowest BCUT2D eigenvalue weighted by atomic mass is 9.87. The zero-order valence-corrected chi connectivity index (χ0v) is 12.8. The number of benzene rings is 1. The van der Waals surface area contributed by atoms with Gasteiger partial charge in [0.1, 0.15) is 6.04 Å². The predicted octanol–water partition coefficient (Wildman–Crippen LogP) is 2.50. The van der Waals surface area contributed by atoms with Crippen molar-refractivity contribution in [2.45, 2.75) is 51.6 Å². The first-order valence-corrected chi connectivity index (χ1v) is 7.72. The third-order valence-electron chi connectivity index (χ3n) is 4.06. The van der Waals surface area contributed by atoms with E-state index >= 15 is 0 Å². The summed E-state index contributed by atoms with van der Waals surface area (Å²) >= 11 is 0. The van der Waals surface area contributed by atoms with Crippen molar-refractivity contribution in [2.24, 2.45) is 5.92 Å². The molecule has 2 amide bonds. The largest absolute Gasteiger partial charge is 0.352 e. The van der Waals surface area contributed by atoms with Crippen molar-refractivity contribution in [3.8, 4) is 0 Å². The van der Waals surface area contributed by atoms with Gasteiger partial charge < -0.3 is 10.6 Å². The highest BCUT2D eigenvalue weighted by atomic mass is 16.2. The van der Waals surface area contributed by atoms with Gasteiger partial charge in [-0.3, -0.25) is 9.59 Å². The number of hydrogen-bond acceptors (Lipinski definition) is 2. The van der Waals surface area contributed by atoms with E-state index in [0.29, 0.717) is 11.5 Å². The summed E-state index contributed by atoms with van der Waals surface area (Å²) in [5, 5.41) is 5.80. The first kappa shape index (κ1) is 15.5.